The highest BCUT2D eigenvalue weighted by atomic mass is 35.5. The first-order chi connectivity index (χ1) is 11.5. The number of aliphatic hydroxyl groups is 1. The molecule has 124 valence electrons. The third-order valence-corrected chi connectivity index (χ3v) is 4.91. The smallest absolute Gasteiger partial charge is 0.261 e. The molecule has 3 rings (SSSR count). The Balaban J connectivity index is 1.88. The summed E-state index contributed by atoms with van der Waals surface area (Å²) in [7, 11) is 0. The largest absolute Gasteiger partial charge is 0.396 e. The fourth-order valence-corrected chi connectivity index (χ4v) is 3.22. The van der Waals surface area contributed by atoms with Crippen molar-refractivity contribution in [1.29, 1.82) is 0 Å². The van der Waals surface area contributed by atoms with Gasteiger partial charge in [0.1, 0.15) is 0 Å². The Morgan fingerprint density at radius 1 is 0.958 bits per heavy atom. The monoisotopic (exact) mass is 363 g/mol. The predicted octanol–water partition coefficient (Wildman–Crippen LogP) is 3.76. The molecular weight excluding hydrogens is 349 g/mol. The van der Waals surface area contributed by atoms with E-state index in [2.05, 4.69) is 0 Å². The maximum Gasteiger partial charge on any atom is 0.261 e. The minimum absolute atomic E-state index is 0.0614. The van der Waals surface area contributed by atoms with Crippen LogP contribution in [0.3, 0.4) is 0 Å². The molecule has 6 heteroatoms. The zero-order valence-electron chi connectivity index (χ0n) is 12.7. The van der Waals surface area contributed by atoms with Crippen molar-refractivity contribution in [2.24, 2.45) is 0 Å². The summed E-state index contributed by atoms with van der Waals surface area (Å²) in [4.78, 5) is 26.2. The molecule has 0 radical (unpaired) electrons. The molecule has 2 aromatic carbocycles. The average Bonchev–Trinajstić information content (AvgIpc) is 2.82. The molecular formula is C18H15Cl2NO3. The van der Waals surface area contributed by atoms with Crippen LogP contribution in [0.4, 0.5) is 0 Å². The SMILES string of the molecule is O=C1c2ccccc2C(=O)N1CC(CCO)c1ccc(Cl)c(Cl)c1. The van der Waals surface area contributed by atoms with Gasteiger partial charge in [-0.3, -0.25) is 14.5 Å². The van der Waals surface area contributed by atoms with Gasteiger partial charge in [-0.25, -0.2) is 0 Å². The number of amides is 2. The van der Waals surface area contributed by atoms with Gasteiger partial charge < -0.3 is 5.11 Å². The van der Waals surface area contributed by atoms with Crippen molar-refractivity contribution in [3.05, 3.63) is 69.2 Å². The van der Waals surface area contributed by atoms with Gasteiger partial charge in [-0.1, -0.05) is 41.4 Å². The minimum atomic E-state index is -0.307. The topological polar surface area (TPSA) is 57.6 Å². The second kappa shape index (κ2) is 6.93. The molecule has 0 fully saturated rings. The normalized spacial score (nSPS) is 14.9. The Morgan fingerprint density at radius 2 is 1.58 bits per heavy atom. The second-order valence-electron chi connectivity index (χ2n) is 5.65. The highest BCUT2D eigenvalue weighted by Crippen LogP contribution is 2.31. The molecule has 2 aromatic rings. The molecule has 24 heavy (non-hydrogen) atoms. The number of carbonyl (C=O) groups excluding carboxylic acids is 2. The van der Waals surface area contributed by atoms with E-state index in [1.165, 1.54) is 4.90 Å². The van der Waals surface area contributed by atoms with Crippen LogP contribution in [0.25, 0.3) is 0 Å². The first-order valence-electron chi connectivity index (χ1n) is 7.54. The standard InChI is InChI=1S/C18H15Cl2NO3/c19-15-6-5-11(9-16(15)20)12(7-8-22)10-21-17(23)13-3-1-2-4-14(13)18(21)24/h1-6,9,12,22H,7-8,10H2. The van der Waals surface area contributed by atoms with Gasteiger partial charge in [0.05, 0.1) is 21.2 Å². The van der Waals surface area contributed by atoms with E-state index in [0.29, 0.717) is 27.6 Å². The predicted molar refractivity (Wildman–Crippen MR) is 92.7 cm³/mol. The lowest BCUT2D eigenvalue weighted by molar-refractivity contribution is 0.0638. The van der Waals surface area contributed by atoms with E-state index in [0.717, 1.165) is 5.56 Å². The van der Waals surface area contributed by atoms with Gasteiger partial charge in [0, 0.05) is 19.1 Å². The fourth-order valence-electron chi connectivity index (χ4n) is 2.91. The zero-order valence-corrected chi connectivity index (χ0v) is 14.2. The number of hydrogen-bond acceptors (Lipinski definition) is 3. The van der Waals surface area contributed by atoms with E-state index in [1.807, 2.05) is 0 Å². The molecule has 0 saturated heterocycles. The van der Waals surface area contributed by atoms with E-state index >= 15 is 0 Å². The summed E-state index contributed by atoms with van der Waals surface area (Å²) in [5.41, 5.74) is 1.66. The Labute approximate surface area is 149 Å². The zero-order chi connectivity index (χ0) is 17.3. The molecule has 2 amide bonds. The lowest BCUT2D eigenvalue weighted by atomic mass is 9.95. The van der Waals surface area contributed by atoms with Crippen LogP contribution < -0.4 is 0 Å². The third kappa shape index (κ3) is 3.05. The summed E-state index contributed by atoms with van der Waals surface area (Å²) < 4.78 is 0. The van der Waals surface area contributed by atoms with Crippen molar-refractivity contribution in [2.75, 3.05) is 13.2 Å². The summed E-state index contributed by atoms with van der Waals surface area (Å²) >= 11 is 12.0. The molecule has 1 aliphatic heterocycles. The lowest BCUT2D eigenvalue weighted by Crippen LogP contribution is -2.34. The highest BCUT2D eigenvalue weighted by molar-refractivity contribution is 6.42. The summed E-state index contributed by atoms with van der Waals surface area (Å²) in [5, 5.41) is 10.2. The fraction of sp³-hybridized carbons (Fsp3) is 0.222. The summed E-state index contributed by atoms with van der Waals surface area (Å²) in [5.74, 6) is -0.829. The van der Waals surface area contributed by atoms with Crippen molar-refractivity contribution >= 4 is 35.0 Å². The number of aliphatic hydroxyl groups excluding tert-OH is 1. The highest BCUT2D eigenvalue weighted by Gasteiger charge is 2.36. The van der Waals surface area contributed by atoms with Crippen LogP contribution in [0.2, 0.25) is 10.0 Å². The van der Waals surface area contributed by atoms with Gasteiger partial charge >= 0.3 is 0 Å². The average molecular weight is 364 g/mol. The van der Waals surface area contributed by atoms with E-state index in [-0.39, 0.29) is 30.9 Å². The van der Waals surface area contributed by atoms with Crippen molar-refractivity contribution in [2.45, 2.75) is 12.3 Å². The molecule has 4 nitrogen and oxygen atoms in total. The van der Waals surface area contributed by atoms with Crippen molar-refractivity contribution in [1.82, 2.24) is 4.90 Å². The van der Waals surface area contributed by atoms with Crippen LogP contribution in [-0.4, -0.2) is 35.0 Å². The number of halogens is 2. The second-order valence-corrected chi connectivity index (χ2v) is 6.46. The number of rotatable bonds is 5. The molecule has 1 heterocycles. The van der Waals surface area contributed by atoms with E-state index in [4.69, 9.17) is 23.2 Å². The van der Waals surface area contributed by atoms with Gasteiger partial charge in [0.25, 0.3) is 11.8 Å². The minimum Gasteiger partial charge on any atom is -0.396 e. The van der Waals surface area contributed by atoms with Gasteiger partial charge in [0.2, 0.25) is 0 Å². The number of hydrogen-bond donors (Lipinski definition) is 1. The summed E-state index contributed by atoms with van der Waals surface area (Å²) in [6.07, 6.45) is 0.408. The molecule has 0 aliphatic carbocycles. The van der Waals surface area contributed by atoms with Crippen LogP contribution >= 0.6 is 23.2 Å². The van der Waals surface area contributed by atoms with Crippen LogP contribution in [-0.2, 0) is 0 Å². The first kappa shape index (κ1) is 17.0. The Morgan fingerprint density at radius 3 is 2.12 bits per heavy atom. The molecule has 0 aromatic heterocycles. The molecule has 1 aliphatic rings. The number of imide groups is 1. The van der Waals surface area contributed by atoms with Gasteiger partial charge in [-0.05, 0) is 36.2 Å². The Bertz CT molecular complexity index is 772. The van der Waals surface area contributed by atoms with Crippen molar-refractivity contribution in [3.63, 3.8) is 0 Å². The Kier molecular flexibility index (Phi) is 4.90. The van der Waals surface area contributed by atoms with E-state index in [9.17, 15) is 14.7 Å². The molecule has 0 bridgehead atoms. The van der Waals surface area contributed by atoms with Crippen LogP contribution in [0, 0.1) is 0 Å². The van der Waals surface area contributed by atoms with Crippen LogP contribution in [0.15, 0.2) is 42.5 Å². The number of fused-ring (bicyclic) bond motifs is 1. The quantitative estimate of drug-likeness (QED) is 0.822. The van der Waals surface area contributed by atoms with Crippen LogP contribution in [0.5, 0.6) is 0 Å². The maximum absolute atomic E-state index is 12.5. The molecule has 1 N–H and O–H groups in total. The molecule has 1 atom stereocenters. The number of carbonyl (C=O) groups is 2. The van der Waals surface area contributed by atoms with E-state index < -0.39 is 0 Å². The number of benzene rings is 2. The van der Waals surface area contributed by atoms with Crippen molar-refractivity contribution < 1.29 is 14.7 Å². The molecule has 1 unspecified atom stereocenters. The number of nitrogens with zero attached hydrogens (tertiary/aromatic N) is 1. The van der Waals surface area contributed by atoms with Gasteiger partial charge in [0.15, 0.2) is 0 Å². The van der Waals surface area contributed by atoms with Crippen LogP contribution in [0.1, 0.15) is 38.6 Å². The van der Waals surface area contributed by atoms with Gasteiger partial charge in [-0.2, -0.15) is 0 Å². The lowest BCUT2D eigenvalue weighted by Gasteiger charge is -2.22. The van der Waals surface area contributed by atoms with Crippen molar-refractivity contribution in [3.8, 4) is 0 Å². The molecule has 0 saturated carbocycles. The summed E-state index contributed by atoms with van der Waals surface area (Å²) in [6.45, 7) is 0.124. The summed E-state index contributed by atoms with van der Waals surface area (Å²) in [6, 6.07) is 11.9. The van der Waals surface area contributed by atoms with Gasteiger partial charge in [-0.15, -0.1) is 0 Å². The third-order valence-electron chi connectivity index (χ3n) is 4.17. The first-order valence-corrected chi connectivity index (χ1v) is 8.29. The van der Waals surface area contributed by atoms with E-state index in [1.54, 1.807) is 42.5 Å². The maximum atomic E-state index is 12.5. The molecule has 0 spiro atoms. The Hall–Kier alpha value is -1.88.